The molecule has 0 aromatic heterocycles. The number of aliphatic hydroxyl groups excluding tert-OH is 1. The normalized spacial score (nSPS) is 29.5. The van der Waals surface area contributed by atoms with Crippen LogP contribution in [0, 0.1) is 0 Å². The van der Waals surface area contributed by atoms with E-state index in [4.69, 9.17) is 10.8 Å². The molecule has 2 aliphatic heterocycles. The number of benzene rings is 1. The van der Waals surface area contributed by atoms with Crippen LogP contribution in [0.15, 0.2) is 18.2 Å². The first-order chi connectivity index (χ1) is 9.06. The van der Waals surface area contributed by atoms with E-state index >= 15 is 0 Å². The Labute approximate surface area is 111 Å². The molecule has 2 bridgehead atoms. The number of rotatable bonds is 2. The number of fused-ring (bicyclic) bond motifs is 2. The number of anilines is 2. The summed E-state index contributed by atoms with van der Waals surface area (Å²) in [6.45, 7) is 0. The number of aromatic carboxylic acids is 1. The fourth-order valence-electron chi connectivity index (χ4n) is 3.48. The Hall–Kier alpha value is -1.75. The number of carboxylic acids is 1. The Balaban J connectivity index is 1.91. The zero-order valence-corrected chi connectivity index (χ0v) is 10.6. The molecule has 0 radical (unpaired) electrons. The quantitative estimate of drug-likeness (QED) is 0.702. The first kappa shape index (κ1) is 12.3. The van der Waals surface area contributed by atoms with Crippen molar-refractivity contribution in [2.75, 3.05) is 10.6 Å². The van der Waals surface area contributed by atoms with Gasteiger partial charge in [0, 0.05) is 23.5 Å². The lowest BCUT2D eigenvalue weighted by molar-refractivity contribution is 0.0698. The summed E-state index contributed by atoms with van der Waals surface area (Å²) in [4.78, 5) is 13.3. The van der Waals surface area contributed by atoms with Gasteiger partial charge in [0.15, 0.2) is 0 Å². The molecule has 5 nitrogen and oxygen atoms in total. The van der Waals surface area contributed by atoms with E-state index in [1.54, 1.807) is 12.1 Å². The second-order valence-corrected chi connectivity index (χ2v) is 5.49. The maximum Gasteiger partial charge on any atom is 0.337 e. The predicted molar refractivity (Wildman–Crippen MR) is 72.3 cm³/mol. The highest BCUT2D eigenvalue weighted by atomic mass is 16.4. The number of piperidine rings is 1. The molecule has 5 heteroatoms. The summed E-state index contributed by atoms with van der Waals surface area (Å²) in [5.74, 6) is -0.999. The zero-order chi connectivity index (χ0) is 13.6. The Morgan fingerprint density at radius 1 is 1.26 bits per heavy atom. The Morgan fingerprint density at radius 3 is 2.42 bits per heavy atom. The second kappa shape index (κ2) is 4.42. The lowest BCUT2D eigenvalue weighted by Crippen LogP contribution is -2.44. The standard InChI is InChI=1S/C14H18N2O3/c15-13-7-10(3-4-12(13)14(18)19)16-8-1-2-9(16)6-11(17)5-8/h3-4,7-9,11,17H,1-2,5-6,15H2,(H,18,19). The first-order valence-electron chi connectivity index (χ1n) is 6.65. The zero-order valence-electron chi connectivity index (χ0n) is 10.6. The van der Waals surface area contributed by atoms with Gasteiger partial charge >= 0.3 is 5.97 Å². The van der Waals surface area contributed by atoms with Crippen LogP contribution in [0.5, 0.6) is 0 Å². The molecule has 2 unspecified atom stereocenters. The van der Waals surface area contributed by atoms with Crippen molar-refractivity contribution < 1.29 is 15.0 Å². The lowest BCUT2D eigenvalue weighted by Gasteiger charge is -2.39. The molecular weight excluding hydrogens is 244 g/mol. The van der Waals surface area contributed by atoms with Crippen LogP contribution in [-0.4, -0.2) is 34.4 Å². The van der Waals surface area contributed by atoms with Gasteiger partial charge in [0.2, 0.25) is 0 Å². The first-order valence-corrected chi connectivity index (χ1v) is 6.65. The van der Waals surface area contributed by atoms with Gasteiger partial charge in [-0.2, -0.15) is 0 Å². The van der Waals surface area contributed by atoms with Crippen molar-refractivity contribution >= 4 is 17.3 Å². The number of carboxylic acid groups (broad SMARTS) is 1. The van der Waals surface area contributed by atoms with Crippen LogP contribution in [0.25, 0.3) is 0 Å². The molecule has 1 aromatic carbocycles. The molecule has 0 saturated carbocycles. The smallest absolute Gasteiger partial charge is 0.337 e. The minimum atomic E-state index is -0.999. The minimum Gasteiger partial charge on any atom is -0.478 e. The molecule has 2 saturated heterocycles. The highest BCUT2D eigenvalue weighted by Crippen LogP contribution is 2.40. The van der Waals surface area contributed by atoms with E-state index in [2.05, 4.69) is 4.90 Å². The molecule has 0 aliphatic carbocycles. The Morgan fingerprint density at radius 2 is 1.89 bits per heavy atom. The van der Waals surface area contributed by atoms with Crippen molar-refractivity contribution in [3.63, 3.8) is 0 Å². The van der Waals surface area contributed by atoms with Crippen molar-refractivity contribution in [2.45, 2.75) is 43.9 Å². The monoisotopic (exact) mass is 262 g/mol. The fraction of sp³-hybridized carbons (Fsp3) is 0.500. The molecule has 0 amide bonds. The summed E-state index contributed by atoms with van der Waals surface area (Å²) in [5.41, 5.74) is 7.23. The third-order valence-electron chi connectivity index (χ3n) is 4.27. The largest absolute Gasteiger partial charge is 0.478 e. The van der Waals surface area contributed by atoms with Gasteiger partial charge in [0.1, 0.15) is 0 Å². The van der Waals surface area contributed by atoms with Crippen LogP contribution >= 0.6 is 0 Å². The molecule has 0 spiro atoms. The summed E-state index contributed by atoms with van der Waals surface area (Å²) in [6, 6.07) is 5.83. The average Bonchev–Trinajstić information content (AvgIpc) is 2.61. The van der Waals surface area contributed by atoms with E-state index in [0.29, 0.717) is 17.8 Å². The van der Waals surface area contributed by atoms with Gasteiger partial charge in [0.25, 0.3) is 0 Å². The van der Waals surface area contributed by atoms with Crippen LogP contribution in [0.2, 0.25) is 0 Å². The van der Waals surface area contributed by atoms with Crippen LogP contribution in [0.1, 0.15) is 36.0 Å². The summed E-state index contributed by atoms with van der Waals surface area (Å²) in [6.07, 6.45) is 3.54. The van der Waals surface area contributed by atoms with E-state index in [1.807, 2.05) is 6.07 Å². The Bertz CT molecular complexity index is 503. The predicted octanol–water partition coefficient (Wildman–Crippen LogP) is 1.46. The highest BCUT2D eigenvalue weighted by molar-refractivity contribution is 5.94. The Kier molecular flexibility index (Phi) is 2.86. The SMILES string of the molecule is Nc1cc(N2C3CCC2CC(O)C3)ccc1C(=O)O. The summed E-state index contributed by atoms with van der Waals surface area (Å²) >= 11 is 0. The van der Waals surface area contributed by atoms with Crippen LogP contribution < -0.4 is 10.6 Å². The molecule has 1 aromatic rings. The van der Waals surface area contributed by atoms with Crippen molar-refractivity contribution in [3.05, 3.63) is 23.8 Å². The molecule has 3 rings (SSSR count). The molecule has 4 N–H and O–H groups in total. The maximum atomic E-state index is 11.0. The molecule has 2 heterocycles. The number of aliphatic hydroxyl groups is 1. The fourth-order valence-corrected chi connectivity index (χ4v) is 3.48. The van der Waals surface area contributed by atoms with Crippen LogP contribution in [0.4, 0.5) is 11.4 Å². The maximum absolute atomic E-state index is 11.0. The van der Waals surface area contributed by atoms with E-state index in [1.165, 1.54) is 0 Å². The van der Waals surface area contributed by atoms with Gasteiger partial charge in [-0.05, 0) is 43.9 Å². The van der Waals surface area contributed by atoms with Gasteiger partial charge in [0.05, 0.1) is 11.7 Å². The molecular formula is C14H18N2O3. The van der Waals surface area contributed by atoms with Crippen LogP contribution in [0.3, 0.4) is 0 Å². The van der Waals surface area contributed by atoms with Gasteiger partial charge in [-0.3, -0.25) is 0 Å². The topological polar surface area (TPSA) is 86.8 Å². The van der Waals surface area contributed by atoms with Crippen molar-refractivity contribution in [3.8, 4) is 0 Å². The van der Waals surface area contributed by atoms with Gasteiger partial charge in [-0.1, -0.05) is 0 Å². The third-order valence-corrected chi connectivity index (χ3v) is 4.27. The van der Waals surface area contributed by atoms with Crippen molar-refractivity contribution in [1.82, 2.24) is 0 Å². The third kappa shape index (κ3) is 2.04. The van der Waals surface area contributed by atoms with E-state index in [-0.39, 0.29) is 11.7 Å². The van der Waals surface area contributed by atoms with Gasteiger partial charge in [-0.25, -0.2) is 4.79 Å². The van der Waals surface area contributed by atoms with Crippen LogP contribution in [-0.2, 0) is 0 Å². The minimum absolute atomic E-state index is 0.146. The summed E-state index contributed by atoms with van der Waals surface area (Å²) in [7, 11) is 0. The van der Waals surface area contributed by atoms with E-state index < -0.39 is 5.97 Å². The number of hydrogen-bond acceptors (Lipinski definition) is 4. The van der Waals surface area contributed by atoms with Crippen molar-refractivity contribution in [1.29, 1.82) is 0 Å². The number of nitrogens with zero attached hydrogens (tertiary/aromatic N) is 1. The average molecular weight is 262 g/mol. The number of nitrogens with two attached hydrogens (primary N) is 1. The molecule has 2 aliphatic rings. The van der Waals surface area contributed by atoms with Crippen molar-refractivity contribution in [2.24, 2.45) is 0 Å². The lowest BCUT2D eigenvalue weighted by atomic mass is 9.98. The summed E-state index contributed by atoms with van der Waals surface area (Å²) < 4.78 is 0. The number of nitrogen functional groups attached to an aromatic ring is 1. The molecule has 19 heavy (non-hydrogen) atoms. The number of hydrogen-bond donors (Lipinski definition) is 3. The molecule has 2 atom stereocenters. The van der Waals surface area contributed by atoms with E-state index in [0.717, 1.165) is 31.4 Å². The van der Waals surface area contributed by atoms with Gasteiger partial charge in [-0.15, -0.1) is 0 Å². The van der Waals surface area contributed by atoms with Gasteiger partial charge < -0.3 is 20.8 Å². The summed E-state index contributed by atoms with van der Waals surface area (Å²) in [5, 5.41) is 18.8. The second-order valence-electron chi connectivity index (χ2n) is 5.49. The molecule has 102 valence electrons. The number of carbonyl (C=O) groups is 1. The highest BCUT2D eigenvalue weighted by Gasteiger charge is 2.40. The van der Waals surface area contributed by atoms with E-state index in [9.17, 15) is 9.90 Å². The molecule has 2 fully saturated rings.